The summed E-state index contributed by atoms with van der Waals surface area (Å²) in [6.45, 7) is 3.15. The van der Waals surface area contributed by atoms with Crippen LogP contribution in [0.25, 0.3) is 0 Å². The van der Waals surface area contributed by atoms with Crippen molar-refractivity contribution in [3.05, 3.63) is 58.1 Å². The SMILES string of the molecule is CCCOc1ccc(CCNC(=O)/C(=N\OC)c2ccc(Br)cc2)cc1OC.[HH]. The highest BCUT2D eigenvalue weighted by molar-refractivity contribution is 9.10. The molecule has 0 unspecified atom stereocenters. The van der Waals surface area contributed by atoms with Crippen LogP contribution in [-0.2, 0) is 16.1 Å². The largest absolute Gasteiger partial charge is 0.493 e. The fourth-order valence-corrected chi connectivity index (χ4v) is 2.79. The Labute approximate surface area is 175 Å². The zero-order chi connectivity index (χ0) is 20.4. The maximum absolute atomic E-state index is 12.5. The first-order valence-electron chi connectivity index (χ1n) is 9.04. The normalized spacial score (nSPS) is 11.1. The monoisotopic (exact) mass is 450 g/mol. The molecule has 152 valence electrons. The molecule has 6 nitrogen and oxygen atoms in total. The summed E-state index contributed by atoms with van der Waals surface area (Å²) in [7, 11) is 3.03. The van der Waals surface area contributed by atoms with Crippen molar-refractivity contribution in [3.8, 4) is 11.5 Å². The van der Waals surface area contributed by atoms with Gasteiger partial charge in [-0.2, -0.15) is 0 Å². The molecule has 0 saturated carbocycles. The highest BCUT2D eigenvalue weighted by Crippen LogP contribution is 2.28. The van der Waals surface area contributed by atoms with E-state index in [1.165, 1.54) is 7.11 Å². The first-order chi connectivity index (χ1) is 13.6. The van der Waals surface area contributed by atoms with Gasteiger partial charge in [0.25, 0.3) is 5.91 Å². The van der Waals surface area contributed by atoms with Gasteiger partial charge in [0, 0.05) is 18.0 Å². The molecule has 0 bridgehead atoms. The fraction of sp³-hybridized carbons (Fsp3) is 0.333. The second kappa shape index (κ2) is 11.3. The third kappa shape index (κ3) is 6.27. The number of rotatable bonds is 10. The number of amides is 1. The molecule has 0 radical (unpaired) electrons. The van der Waals surface area contributed by atoms with Crippen molar-refractivity contribution in [3.63, 3.8) is 0 Å². The number of carbonyl (C=O) groups is 1. The maximum Gasteiger partial charge on any atom is 0.273 e. The summed E-state index contributed by atoms with van der Waals surface area (Å²) in [4.78, 5) is 17.4. The average Bonchev–Trinajstić information content (AvgIpc) is 2.71. The molecule has 0 atom stereocenters. The van der Waals surface area contributed by atoms with E-state index in [0.29, 0.717) is 30.9 Å². The molecular formula is C21H27BrN2O4. The first kappa shape index (κ1) is 21.8. The van der Waals surface area contributed by atoms with E-state index in [4.69, 9.17) is 14.3 Å². The summed E-state index contributed by atoms with van der Waals surface area (Å²) in [6, 6.07) is 13.1. The second-order valence-corrected chi connectivity index (χ2v) is 6.88. The standard InChI is InChI=1S/C21H25BrN2O4.H2/c1-4-13-28-18-10-5-15(14-19(18)26-2)11-12-23-21(25)20(24-27-3)16-6-8-17(22)9-7-16;/h5-10,14H,4,11-13H2,1-3H3,(H,23,25);1H/b24-20-;. The van der Waals surface area contributed by atoms with Gasteiger partial charge in [-0.3, -0.25) is 4.79 Å². The fourth-order valence-electron chi connectivity index (χ4n) is 2.53. The van der Waals surface area contributed by atoms with E-state index in [-0.39, 0.29) is 13.0 Å². The van der Waals surface area contributed by atoms with E-state index in [0.717, 1.165) is 22.2 Å². The van der Waals surface area contributed by atoms with Crippen LogP contribution < -0.4 is 14.8 Å². The van der Waals surface area contributed by atoms with Crippen molar-refractivity contribution in [1.29, 1.82) is 0 Å². The van der Waals surface area contributed by atoms with Crippen molar-refractivity contribution in [2.24, 2.45) is 5.16 Å². The zero-order valence-electron chi connectivity index (χ0n) is 16.3. The molecule has 1 amide bonds. The van der Waals surface area contributed by atoms with Crippen LogP contribution in [0.5, 0.6) is 11.5 Å². The summed E-state index contributed by atoms with van der Waals surface area (Å²) >= 11 is 3.38. The van der Waals surface area contributed by atoms with Crippen molar-refractivity contribution in [1.82, 2.24) is 5.32 Å². The predicted octanol–water partition coefficient (Wildman–Crippen LogP) is 4.20. The highest BCUT2D eigenvalue weighted by atomic mass is 79.9. The molecule has 0 aliphatic rings. The third-order valence-corrected chi connectivity index (χ3v) is 4.43. The highest BCUT2D eigenvalue weighted by Gasteiger charge is 2.15. The van der Waals surface area contributed by atoms with Crippen LogP contribution in [0, 0.1) is 0 Å². The summed E-state index contributed by atoms with van der Waals surface area (Å²) in [5, 5.41) is 6.75. The van der Waals surface area contributed by atoms with Crippen molar-refractivity contribution in [2.75, 3.05) is 27.4 Å². The van der Waals surface area contributed by atoms with E-state index in [1.54, 1.807) is 19.2 Å². The second-order valence-electron chi connectivity index (χ2n) is 5.97. The summed E-state index contributed by atoms with van der Waals surface area (Å²) < 4.78 is 12.0. The Morgan fingerprint density at radius 3 is 2.54 bits per heavy atom. The maximum atomic E-state index is 12.5. The number of nitrogens with zero attached hydrogens (tertiary/aromatic N) is 1. The van der Waals surface area contributed by atoms with E-state index < -0.39 is 0 Å². The van der Waals surface area contributed by atoms with Gasteiger partial charge in [-0.05, 0) is 42.7 Å². The molecule has 7 heteroatoms. The molecule has 0 heterocycles. The lowest BCUT2D eigenvalue weighted by atomic mass is 10.1. The summed E-state index contributed by atoms with van der Waals surface area (Å²) in [5.74, 6) is 1.12. The van der Waals surface area contributed by atoms with Crippen molar-refractivity contribution >= 4 is 27.5 Å². The van der Waals surface area contributed by atoms with Crippen LogP contribution in [0.1, 0.15) is 25.9 Å². The summed E-state index contributed by atoms with van der Waals surface area (Å²) in [5.41, 5.74) is 1.95. The van der Waals surface area contributed by atoms with Gasteiger partial charge in [-0.25, -0.2) is 0 Å². The Kier molecular flexibility index (Phi) is 8.81. The Balaban J connectivity index is 0.00000420. The number of halogens is 1. The van der Waals surface area contributed by atoms with Crippen LogP contribution in [0.15, 0.2) is 52.1 Å². The van der Waals surface area contributed by atoms with E-state index in [9.17, 15) is 4.79 Å². The molecule has 2 aromatic rings. The van der Waals surface area contributed by atoms with E-state index in [2.05, 4.69) is 33.3 Å². The minimum absolute atomic E-state index is 0. The number of hydrogen-bond donors (Lipinski definition) is 1. The molecule has 28 heavy (non-hydrogen) atoms. The minimum Gasteiger partial charge on any atom is -0.493 e. The first-order valence-corrected chi connectivity index (χ1v) is 9.83. The van der Waals surface area contributed by atoms with Gasteiger partial charge in [-0.15, -0.1) is 0 Å². The number of benzene rings is 2. The summed E-state index contributed by atoms with van der Waals surface area (Å²) in [6.07, 6.45) is 1.58. The number of methoxy groups -OCH3 is 1. The number of oxime groups is 1. The van der Waals surface area contributed by atoms with Gasteiger partial charge in [-0.1, -0.05) is 46.2 Å². The quantitative estimate of drug-likeness (QED) is 0.434. The van der Waals surface area contributed by atoms with Gasteiger partial charge in [0.2, 0.25) is 0 Å². The number of ether oxygens (including phenoxy) is 2. The van der Waals surface area contributed by atoms with Crippen molar-refractivity contribution in [2.45, 2.75) is 19.8 Å². The van der Waals surface area contributed by atoms with Gasteiger partial charge < -0.3 is 19.6 Å². The lowest BCUT2D eigenvalue weighted by Gasteiger charge is -2.12. The number of hydrogen-bond acceptors (Lipinski definition) is 5. The van der Waals surface area contributed by atoms with Gasteiger partial charge >= 0.3 is 0 Å². The van der Waals surface area contributed by atoms with Crippen LogP contribution in [0.4, 0.5) is 0 Å². The molecule has 0 aliphatic carbocycles. The minimum atomic E-state index is -0.293. The van der Waals surface area contributed by atoms with Crippen molar-refractivity contribution < 1.29 is 20.5 Å². The van der Waals surface area contributed by atoms with Crippen LogP contribution >= 0.6 is 15.9 Å². The van der Waals surface area contributed by atoms with Crippen LogP contribution in [0.3, 0.4) is 0 Å². The Bertz CT molecular complexity index is 813. The van der Waals surface area contributed by atoms with Gasteiger partial charge in [0.1, 0.15) is 7.11 Å². The average molecular weight is 451 g/mol. The lowest BCUT2D eigenvalue weighted by molar-refractivity contribution is -0.114. The van der Waals surface area contributed by atoms with E-state index in [1.807, 2.05) is 30.3 Å². The predicted molar refractivity (Wildman–Crippen MR) is 115 cm³/mol. The molecule has 1 N–H and O–H groups in total. The Morgan fingerprint density at radius 1 is 1.14 bits per heavy atom. The molecule has 0 spiro atoms. The lowest BCUT2D eigenvalue weighted by Crippen LogP contribution is -2.33. The third-order valence-electron chi connectivity index (χ3n) is 3.90. The molecule has 0 fully saturated rings. The molecule has 0 aliphatic heterocycles. The smallest absolute Gasteiger partial charge is 0.273 e. The number of carbonyl (C=O) groups excluding carboxylic acids is 1. The Hall–Kier alpha value is -2.54. The molecule has 2 aromatic carbocycles. The number of nitrogens with one attached hydrogen (secondary N) is 1. The molecular weight excluding hydrogens is 424 g/mol. The van der Waals surface area contributed by atoms with E-state index >= 15 is 0 Å². The molecule has 2 rings (SSSR count). The topological polar surface area (TPSA) is 69.2 Å². The van der Waals surface area contributed by atoms with Crippen LogP contribution in [0.2, 0.25) is 0 Å². The molecule has 0 aromatic heterocycles. The molecule has 0 saturated heterocycles. The Morgan fingerprint density at radius 2 is 1.89 bits per heavy atom. The van der Waals surface area contributed by atoms with Crippen LogP contribution in [-0.4, -0.2) is 39.0 Å². The zero-order valence-corrected chi connectivity index (χ0v) is 17.9. The van der Waals surface area contributed by atoms with Gasteiger partial charge in [0.05, 0.1) is 13.7 Å². The van der Waals surface area contributed by atoms with Gasteiger partial charge in [0.15, 0.2) is 17.2 Å².